The number of hydrogen-bond donors (Lipinski definition) is 1. The van der Waals surface area contributed by atoms with E-state index in [0.29, 0.717) is 37.9 Å². The van der Waals surface area contributed by atoms with Crippen molar-refractivity contribution in [2.75, 3.05) is 6.54 Å². The minimum Gasteiger partial charge on any atom is -0.401 e. The van der Waals surface area contributed by atoms with E-state index < -0.39 is 0 Å². The smallest absolute Gasteiger partial charge is 0.229 e. The Morgan fingerprint density at radius 2 is 2.07 bits per heavy atom. The van der Waals surface area contributed by atoms with E-state index in [1.165, 1.54) is 11.1 Å². The second kappa shape index (κ2) is 5.29. The van der Waals surface area contributed by atoms with Crippen molar-refractivity contribution >= 4 is 18.5 Å². The monoisotopic (exact) mass is 209 g/mol. The Labute approximate surface area is 88.6 Å². The number of carbonyl (C=O) groups excluding carboxylic acids is 2. The van der Waals surface area contributed by atoms with Crippen LogP contribution in [0.1, 0.15) is 25.7 Å². The van der Waals surface area contributed by atoms with Crippen LogP contribution in [-0.2, 0) is 9.59 Å². The van der Waals surface area contributed by atoms with E-state index in [1.54, 1.807) is 0 Å². The molecule has 2 N–H and O–H groups in total. The predicted molar refractivity (Wildman–Crippen MR) is 57.0 cm³/mol. The molecule has 1 rings (SSSR count). The number of carbonyl (C=O) groups is 2. The number of rotatable bonds is 4. The standard InChI is InChI=1S/C10H15N3O2/c1-12-7-8(11)5-6-13-9(14)3-2-4-10(13)15/h7H,1-6,11H2/b8-7-. The molecule has 0 aromatic rings. The van der Waals surface area contributed by atoms with E-state index in [0.717, 1.165) is 0 Å². The average Bonchev–Trinajstić information content (AvgIpc) is 2.17. The summed E-state index contributed by atoms with van der Waals surface area (Å²) in [5, 5.41) is 0. The average molecular weight is 209 g/mol. The molecule has 82 valence electrons. The molecule has 1 aliphatic rings. The molecule has 1 saturated heterocycles. The first kappa shape index (κ1) is 11.4. The molecule has 0 aromatic carbocycles. The second-order valence-corrected chi connectivity index (χ2v) is 3.43. The fourth-order valence-electron chi connectivity index (χ4n) is 1.47. The number of nitrogens with zero attached hydrogens (tertiary/aromatic N) is 2. The van der Waals surface area contributed by atoms with Gasteiger partial charge in [-0.1, -0.05) is 0 Å². The van der Waals surface area contributed by atoms with Crippen molar-refractivity contribution in [3.05, 3.63) is 11.9 Å². The summed E-state index contributed by atoms with van der Waals surface area (Å²) in [6.07, 6.45) is 3.45. The van der Waals surface area contributed by atoms with E-state index in [1.807, 2.05) is 0 Å². The highest BCUT2D eigenvalue weighted by atomic mass is 16.2. The highest BCUT2D eigenvalue weighted by Gasteiger charge is 2.25. The molecule has 5 heteroatoms. The molecule has 15 heavy (non-hydrogen) atoms. The Kier molecular flexibility index (Phi) is 4.03. The quantitative estimate of drug-likeness (QED) is 0.538. The van der Waals surface area contributed by atoms with E-state index in [4.69, 9.17) is 5.73 Å². The first-order chi connectivity index (χ1) is 7.15. The molecule has 0 aromatic heterocycles. The van der Waals surface area contributed by atoms with Crippen LogP contribution < -0.4 is 5.73 Å². The number of likely N-dealkylation sites (tertiary alicyclic amines) is 1. The third-order valence-corrected chi connectivity index (χ3v) is 2.26. The minimum absolute atomic E-state index is 0.106. The van der Waals surface area contributed by atoms with Crippen LogP contribution in [0, 0.1) is 0 Å². The van der Waals surface area contributed by atoms with Crippen LogP contribution in [0.3, 0.4) is 0 Å². The molecule has 0 atom stereocenters. The normalized spacial score (nSPS) is 18.1. The number of amides is 2. The zero-order valence-corrected chi connectivity index (χ0v) is 8.61. The third-order valence-electron chi connectivity index (χ3n) is 2.26. The lowest BCUT2D eigenvalue weighted by Gasteiger charge is -2.24. The van der Waals surface area contributed by atoms with Crippen LogP contribution in [0.2, 0.25) is 0 Å². The molecule has 1 aliphatic heterocycles. The SMILES string of the molecule is C=N/C=C(\N)CCN1C(=O)CCCC1=O. The second-order valence-electron chi connectivity index (χ2n) is 3.43. The molecule has 0 saturated carbocycles. The molecular formula is C10H15N3O2. The fourth-order valence-corrected chi connectivity index (χ4v) is 1.47. The summed E-state index contributed by atoms with van der Waals surface area (Å²) in [6, 6.07) is 0. The molecule has 1 heterocycles. The fraction of sp³-hybridized carbons (Fsp3) is 0.500. The Morgan fingerprint density at radius 1 is 1.47 bits per heavy atom. The van der Waals surface area contributed by atoms with Gasteiger partial charge >= 0.3 is 0 Å². The maximum atomic E-state index is 11.4. The van der Waals surface area contributed by atoms with Gasteiger partial charge in [-0.15, -0.1) is 0 Å². The summed E-state index contributed by atoms with van der Waals surface area (Å²) in [6.45, 7) is 3.61. The van der Waals surface area contributed by atoms with Crippen molar-refractivity contribution in [3.8, 4) is 0 Å². The molecule has 0 unspecified atom stereocenters. The maximum Gasteiger partial charge on any atom is 0.229 e. The predicted octanol–water partition coefficient (Wildman–Crippen LogP) is 0.416. The van der Waals surface area contributed by atoms with Gasteiger partial charge in [0.2, 0.25) is 11.8 Å². The molecule has 0 aliphatic carbocycles. The molecular weight excluding hydrogens is 194 g/mol. The summed E-state index contributed by atoms with van der Waals surface area (Å²) < 4.78 is 0. The van der Waals surface area contributed by atoms with E-state index in [2.05, 4.69) is 11.7 Å². The number of piperidine rings is 1. The number of hydrogen-bond acceptors (Lipinski definition) is 4. The first-order valence-electron chi connectivity index (χ1n) is 4.88. The first-order valence-corrected chi connectivity index (χ1v) is 4.88. The zero-order chi connectivity index (χ0) is 11.3. The van der Waals surface area contributed by atoms with Crippen molar-refractivity contribution < 1.29 is 9.59 Å². The summed E-state index contributed by atoms with van der Waals surface area (Å²) in [4.78, 5) is 27.6. The number of aliphatic imine (C=N–C) groups is 1. The lowest BCUT2D eigenvalue weighted by molar-refractivity contribution is -0.147. The molecule has 1 fully saturated rings. The van der Waals surface area contributed by atoms with Crippen molar-refractivity contribution in [1.29, 1.82) is 0 Å². The Morgan fingerprint density at radius 3 is 2.60 bits per heavy atom. The van der Waals surface area contributed by atoms with Gasteiger partial charge in [-0.05, 0) is 13.1 Å². The van der Waals surface area contributed by atoms with Gasteiger partial charge in [0, 0.05) is 37.7 Å². The van der Waals surface area contributed by atoms with Crippen LogP contribution in [0.5, 0.6) is 0 Å². The van der Waals surface area contributed by atoms with Crippen LogP contribution >= 0.6 is 0 Å². The summed E-state index contributed by atoms with van der Waals surface area (Å²) in [5.41, 5.74) is 6.09. The molecule has 0 spiro atoms. The van der Waals surface area contributed by atoms with Crippen LogP contribution in [-0.4, -0.2) is 30.0 Å². The van der Waals surface area contributed by atoms with Gasteiger partial charge in [0.1, 0.15) is 0 Å². The van der Waals surface area contributed by atoms with Crippen molar-refractivity contribution in [2.45, 2.75) is 25.7 Å². The van der Waals surface area contributed by atoms with Crippen molar-refractivity contribution in [2.24, 2.45) is 10.7 Å². The Balaban J connectivity index is 2.49. The van der Waals surface area contributed by atoms with Gasteiger partial charge in [0.15, 0.2) is 0 Å². The Bertz CT molecular complexity index is 294. The van der Waals surface area contributed by atoms with Crippen molar-refractivity contribution in [1.82, 2.24) is 4.90 Å². The van der Waals surface area contributed by atoms with E-state index in [-0.39, 0.29) is 11.8 Å². The summed E-state index contributed by atoms with van der Waals surface area (Å²) in [5.74, 6) is -0.212. The number of imide groups is 1. The summed E-state index contributed by atoms with van der Waals surface area (Å²) >= 11 is 0. The van der Waals surface area contributed by atoms with Crippen LogP contribution in [0.25, 0.3) is 0 Å². The van der Waals surface area contributed by atoms with E-state index >= 15 is 0 Å². The Hall–Kier alpha value is -1.65. The van der Waals surface area contributed by atoms with Crippen molar-refractivity contribution in [3.63, 3.8) is 0 Å². The van der Waals surface area contributed by atoms with Gasteiger partial charge < -0.3 is 5.73 Å². The van der Waals surface area contributed by atoms with Gasteiger partial charge in [0.05, 0.1) is 0 Å². The zero-order valence-electron chi connectivity index (χ0n) is 8.61. The molecule has 0 radical (unpaired) electrons. The molecule has 2 amide bonds. The largest absolute Gasteiger partial charge is 0.401 e. The van der Waals surface area contributed by atoms with Crippen LogP contribution in [0.4, 0.5) is 0 Å². The summed E-state index contributed by atoms with van der Waals surface area (Å²) in [7, 11) is 0. The van der Waals surface area contributed by atoms with Gasteiger partial charge in [-0.3, -0.25) is 19.5 Å². The molecule has 0 bridgehead atoms. The third kappa shape index (κ3) is 3.19. The van der Waals surface area contributed by atoms with E-state index in [9.17, 15) is 9.59 Å². The van der Waals surface area contributed by atoms with Gasteiger partial charge in [-0.2, -0.15) is 0 Å². The minimum atomic E-state index is -0.106. The maximum absolute atomic E-state index is 11.4. The van der Waals surface area contributed by atoms with Gasteiger partial charge in [-0.25, -0.2) is 0 Å². The lowest BCUT2D eigenvalue weighted by Crippen LogP contribution is -2.40. The van der Waals surface area contributed by atoms with Gasteiger partial charge in [0.25, 0.3) is 0 Å². The lowest BCUT2D eigenvalue weighted by atomic mass is 10.1. The van der Waals surface area contributed by atoms with Crippen LogP contribution in [0.15, 0.2) is 16.9 Å². The molecule has 5 nitrogen and oxygen atoms in total. The topological polar surface area (TPSA) is 75.8 Å². The number of nitrogens with two attached hydrogens (primary N) is 1. The highest BCUT2D eigenvalue weighted by Crippen LogP contribution is 2.13. The highest BCUT2D eigenvalue weighted by molar-refractivity contribution is 5.97.